The van der Waals surface area contributed by atoms with Gasteiger partial charge in [-0.25, -0.2) is 0 Å². The van der Waals surface area contributed by atoms with Crippen molar-refractivity contribution < 1.29 is 0 Å². The van der Waals surface area contributed by atoms with Crippen molar-refractivity contribution in [1.29, 1.82) is 0 Å². The molecule has 0 radical (unpaired) electrons. The molecule has 17 heavy (non-hydrogen) atoms. The third-order valence-electron chi connectivity index (χ3n) is 2.93. The van der Waals surface area contributed by atoms with E-state index in [1.54, 1.807) is 0 Å². The summed E-state index contributed by atoms with van der Waals surface area (Å²) in [6, 6.07) is 14.3. The molecule has 0 fully saturated rings. The Balaban J connectivity index is 2.08. The fourth-order valence-corrected chi connectivity index (χ4v) is 1.92. The van der Waals surface area contributed by atoms with Crippen LogP contribution < -0.4 is 5.32 Å². The summed E-state index contributed by atoms with van der Waals surface area (Å²) in [5, 5.41) is 4.10. The highest BCUT2D eigenvalue weighted by molar-refractivity contribution is 6.33. The second-order valence-electron chi connectivity index (χ2n) is 4.25. The summed E-state index contributed by atoms with van der Waals surface area (Å²) >= 11 is 6.08. The van der Waals surface area contributed by atoms with Gasteiger partial charge in [0.2, 0.25) is 0 Å². The number of benzene rings is 2. The van der Waals surface area contributed by atoms with Crippen molar-refractivity contribution in [2.24, 2.45) is 0 Å². The second kappa shape index (κ2) is 5.24. The molecule has 1 nitrogen and oxygen atoms in total. The minimum atomic E-state index is 0.760. The van der Waals surface area contributed by atoms with Crippen LogP contribution in [0.1, 0.15) is 16.7 Å². The molecule has 0 saturated heterocycles. The molecule has 2 rings (SSSR count). The van der Waals surface area contributed by atoms with Gasteiger partial charge in [-0.2, -0.15) is 0 Å². The Morgan fingerprint density at radius 3 is 2.47 bits per heavy atom. The van der Waals surface area contributed by atoms with Crippen molar-refractivity contribution in [3.05, 3.63) is 64.2 Å². The predicted octanol–water partition coefficient (Wildman–Crippen LogP) is 4.57. The van der Waals surface area contributed by atoms with Crippen molar-refractivity contribution in [3.63, 3.8) is 0 Å². The number of hydrogen-bond donors (Lipinski definition) is 1. The first kappa shape index (κ1) is 12.0. The lowest BCUT2D eigenvalue weighted by Crippen LogP contribution is -2.00. The van der Waals surface area contributed by atoms with Gasteiger partial charge in [-0.3, -0.25) is 0 Å². The fourth-order valence-electron chi connectivity index (χ4n) is 1.72. The van der Waals surface area contributed by atoms with E-state index in [0.717, 1.165) is 17.3 Å². The van der Waals surface area contributed by atoms with Crippen LogP contribution in [0.4, 0.5) is 5.69 Å². The third kappa shape index (κ3) is 3.01. The molecule has 0 aliphatic carbocycles. The van der Waals surface area contributed by atoms with Crippen molar-refractivity contribution >= 4 is 17.3 Å². The zero-order chi connectivity index (χ0) is 12.3. The van der Waals surface area contributed by atoms with E-state index in [0.29, 0.717) is 0 Å². The Morgan fingerprint density at radius 2 is 1.76 bits per heavy atom. The molecule has 0 atom stereocenters. The quantitative estimate of drug-likeness (QED) is 0.835. The summed E-state index contributed by atoms with van der Waals surface area (Å²) in [4.78, 5) is 0. The summed E-state index contributed by atoms with van der Waals surface area (Å²) in [5.41, 5.74) is 4.90. The lowest BCUT2D eigenvalue weighted by molar-refractivity contribution is 1.13. The van der Waals surface area contributed by atoms with Gasteiger partial charge in [0.15, 0.2) is 0 Å². The standard InChI is InChI=1S/C15H16ClN/c1-11-7-8-13(9-12(11)2)10-17-15-6-4-3-5-14(15)16/h3-9,17H,10H2,1-2H3. The average molecular weight is 246 g/mol. The van der Waals surface area contributed by atoms with Crippen LogP contribution in [0.3, 0.4) is 0 Å². The monoisotopic (exact) mass is 245 g/mol. The van der Waals surface area contributed by atoms with Crippen LogP contribution in [0, 0.1) is 13.8 Å². The molecule has 2 aromatic rings. The SMILES string of the molecule is Cc1ccc(CNc2ccccc2Cl)cc1C. The first-order valence-electron chi connectivity index (χ1n) is 5.71. The zero-order valence-corrected chi connectivity index (χ0v) is 10.9. The molecule has 0 saturated carbocycles. The van der Waals surface area contributed by atoms with Crippen LogP contribution in [0.25, 0.3) is 0 Å². The number of para-hydroxylation sites is 1. The molecule has 0 spiro atoms. The smallest absolute Gasteiger partial charge is 0.0637 e. The lowest BCUT2D eigenvalue weighted by atomic mass is 10.1. The normalized spacial score (nSPS) is 10.3. The van der Waals surface area contributed by atoms with Gasteiger partial charge in [0, 0.05) is 6.54 Å². The maximum atomic E-state index is 6.08. The molecule has 2 heteroatoms. The van der Waals surface area contributed by atoms with E-state index in [4.69, 9.17) is 11.6 Å². The van der Waals surface area contributed by atoms with Gasteiger partial charge in [0.25, 0.3) is 0 Å². The molecule has 0 heterocycles. The molecule has 0 aromatic heterocycles. The van der Waals surface area contributed by atoms with Crippen LogP contribution in [-0.2, 0) is 6.54 Å². The number of rotatable bonds is 3. The molecule has 88 valence electrons. The van der Waals surface area contributed by atoms with Crippen molar-refractivity contribution in [1.82, 2.24) is 0 Å². The Hall–Kier alpha value is -1.47. The van der Waals surface area contributed by atoms with Gasteiger partial charge in [-0.15, -0.1) is 0 Å². The molecule has 0 unspecified atom stereocenters. The molecular weight excluding hydrogens is 230 g/mol. The zero-order valence-electron chi connectivity index (χ0n) is 10.1. The van der Waals surface area contributed by atoms with Gasteiger partial charge in [-0.05, 0) is 42.7 Å². The number of nitrogens with one attached hydrogen (secondary N) is 1. The number of halogens is 1. The molecule has 0 amide bonds. The minimum Gasteiger partial charge on any atom is -0.380 e. The van der Waals surface area contributed by atoms with E-state index in [9.17, 15) is 0 Å². The maximum absolute atomic E-state index is 6.08. The second-order valence-corrected chi connectivity index (χ2v) is 4.66. The van der Waals surface area contributed by atoms with E-state index in [1.165, 1.54) is 16.7 Å². The van der Waals surface area contributed by atoms with E-state index >= 15 is 0 Å². The Morgan fingerprint density at radius 1 is 1.00 bits per heavy atom. The molecular formula is C15H16ClN. The summed E-state index contributed by atoms with van der Waals surface area (Å²) in [6.45, 7) is 5.06. The first-order chi connectivity index (χ1) is 8.16. The van der Waals surface area contributed by atoms with Gasteiger partial charge < -0.3 is 5.32 Å². The minimum absolute atomic E-state index is 0.760. The first-order valence-corrected chi connectivity index (χ1v) is 6.09. The topological polar surface area (TPSA) is 12.0 Å². The van der Waals surface area contributed by atoms with Crippen molar-refractivity contribution in [2.75, 3.05) is 5.32 Å². The highest BCUT2D eigenvalue weighted by Gasteiger charge is 1.99. The Bertz CT molecular complexity index is 520. The fraction of sp³-hybridized carbons (Fsp3) is 0.200. The maximum Gasteiger partial charge on any atom is 0.0637 e. The highest BCUT2D eigenvalue weighted by Crippen LogP contribution is 2.21. The van der Waals surface area contributed by atoms with Crippen molar-refractivity contribution in [2.45, 2.75) is 20.4 Å². The predicted molar refractivity (Wildman–Crippen MR) is 74.7 cm³/mol. The number of anilines is 1. The van der Waals surface area contributed by atoms with Gasteiger partial charge >= 0.3 is 0 Å². The lowest BCUT2D eigenvalue weighted by Gasteiger charge is -2.09. The summed E-state index contributed by atoms with van der Waals surface area (Å²) in [7, 11) is 0. The molecule has 0 bridgehead atoms. The largest absolute Gasteiger partial charge is 0.380 e. The van der Waals surface area contributed by atoms with E-state index in [1.807, 2.05) is 24.3 Å². The van der Waals surface area contributed by atoms with Gasteiger partial charge in [0.1, 0.15) is 0 Å². The van der Waals surface area contributed by atoms with E-state index in [2.05, 4.69) is 37.4 Å². The summed E-state index contributed by atoms with van der Waals surface area (Å²) in [6.07, 6.45) is 0. The Kier molecular flexibility index (Phi) is 3.70. The highest BCUT2D eigenvalue weighted by atomic mass is 35.5. The molecule has 0 aliphatic rings. The van der Waals surface area contributed by atoms with Crippen LogP contribution >= 0.6 is 11.6 Å². The van der Waals surface area contributed by atoms with Crippen molar-refractivity contribution in [3.8, 4) is 0 Å². The van der Waals surface area contributed by atoms with E-state index < -0.39 is 0 Å². The summed E-state index contributed by atoms with van der Waals surface area (Å²) < 4.78 is 0. The van der Waals surface area contributed by atoms with Crippen LogP contribution in [-0.4, -0.2) is 0 Å². The molecule has 0 aliphatic heterocycles. The third-order valence-corrected chi connectivity index (χ3v) is 3.26. The average Bonchev–Trinajstić information content (AvgIpc) is 2.32. The van der Waals surface area contributed by atoms with Gasteiger partial charge in [0.05, 0.1) is 10.7 Å². The summed E-state index contributed by atoms with van der Waals surface area (Å²) in [5.74, 6) is 0. The molecule has 1 N–H and O–H groups in total. The molecule has 2 aromatic carbocycles. The number of aryl methyl sites for hydroxylation is 2. The van der Waals surface area contributed by atoms with Crippen LogP contribution in [0.15, 0.2) is 42.5 Å². The number of hydrogen-bond acceptors (Lipinski definition) is 1. The Labute approximate surface area is 107 Å². The van der Waals surface area contributed by atoms with Crippen LogP contribution in [0.5, 0.6) is 0 Å². The van der Waals surface area contributed by atoms with E-state index in [-0.39, 0.29) is 0 Å². The van der Waals surface area contributed by atoms with Gasteiger partial charge in [-0.1, -0.05) is 41.9 Å². The van der Waals surface area contributed by atoms with Crippen LogP contribution in [0.2, 0.25) is 5.02 Å².